The van der Waals surface area contributed by atoms with Gasteiger partial charge >= 0.3 is 5.97 Å². The first-order valence-corrected chi connectivity index (χ1v) is 5.47. The van der Waals surface area contributed by atoms with Gasteiger partial charge < -0.3 is 5.11 Å². The second-order valence-electron chi connectivity index (χ2n) is 3.98. The van der Waals surface area contributed by atoms with Gasteiger partial charge in [-0.15, -0.1) is 0 Å². The quantitative estimate of drug-likeness (QED) is 0.764. The number of carboxylic acid groups (broad SMARTS) is 1. The van der Waals surface area contributed by atoms with Crippen molar-refractivity contribution in [2.75, 3.05) is 0 Å². The molecule has 0 spiro atoms. The molecule has 0 bridgehead atoms. The third kappa shape index (κ3) is 1.93. The van der Waals surface area contributed by atoms with E-state index in [1.165, 1.54) is 35.3 Å². The van der Waals surface area contributed by atoms with Crippen molar-refractivity contribution in [2.24, 2.45) is 0 Å². The van der Waals surface area contributed by atoms with Gasteiger partial charge in [-0.2, -0.15) is 0 Å². The zero-order valence-corrected chi connectivity index (χ0v) is 9.62. The Balaban J connectivity index is 2.26. The number of nitrogens with zero attached hydrogens (tertiary/aromatic N) is 3. The van der Waals surface area contributed by atoms with Gasteiger partial charge in [0, 0.05) is 18.0 Å². The number of halogens is 1. The first-order chi connectivity index (χ1) is 9.15. The molecule has 1 aromatic carbocycles. The summed E-state index contributed by atoms with van der Waals surface area (Å²) in [6.07, 6.45) is 4.35. The van der Waals surface area contributed by atoms with E-state index in [-0.39, 0.29) is 11.5 Å². The number of hydrogen-bond donors (Lipinski definition) is 1. The minimum atomic E-state index is -1.12. The zero-order valence-electron chi connectivity index (χ0n) is 9.62. The second-order valence-corrected chi connectivity index (χ2v) is 3.98. The first kappa shape index (κ1) is 11.3. The number of carbonyl (C=O) groups is 1. The predicted octanol–water partition coefficient (Wildman–Crippen LogP) is 2.23. The van der Waals surface area contributed by atoms with Crippen LogP contribution in [0.1, 0.15) is 10.5 Å². The number of hydrogen-bond acceptors (Lipinski definition) is 3. The first-order valence-electron chi connectivity index (χ1n) is 5.47. The van der Waals surface area contributed by atoms with Crippen LogP contribution >= 0.6 is 0 Å². The lowest BCUT2D eigenvalue weighted by Gasteiger charge is -2.02. The molecule has 2 aromatic heterocycles. The van der Waals surface area contributed by atoms with Crippen LogP contribution < -0.4 is 0 Å². The van der Waals surface area contributed by atoms with Crippen LogP contribution in [0.15, 0.2) is 43.0 Å². The van der Waals surface area contributed by atoms with Crippen molar-refractivity contribution in [3.8, 4) is 11.1 Å². The topological polar surface area (TPSA) is 67.5 Å². The molecular weight excluding hydrogens is 249 g/mol. The Morgan fingerprint density at radius 2 is 2.21 bits per heavy atom. The molecule has 0 unspecified atom stereocenters. The lowest BCUT2D eigenvalue weighted by atomic mass is 10.1. The Kier molecular flexibility index (Phi) is 2.49. The van der Waals surface area contributed by atoms with E-state index in [0.29, 0.717) is 16.8 Å². The molecule has 0 atom stereocenters. The van der Waals surface area contributed by atoms with Gasteiger partial charge in [-0.1, -0.05) is 12.1 Å². The Hall–Kier alpha value is -2.76. The summed E-state index contributed by atoms with van der Waals surface area (Å²) >= 11 is 0. The molecule has 3 rings (SSSR count). The fourth-order valence-corrected chi connectivity index (χ4v) is 1.88. The minimum Gasteiger partial charge on any atom is -0.476 e. The van der Waals surface area contributed by atoms with Crippen molar-refractivity contribution in [3.05, 3.63) is 54.5 Å². The summed E-state index contributed by atoms with van der Waals surface area (Å²) in [5.74, 6) is -1.49. The van der Waals surface area contributed by atoms with E-state index in [1.54, 1.807) is 12.1 Å². The van der Waals surface area contributed by atoms with E-state index in [1.807, 2.05) is 0 Å². The molecule has 1 N–H and O–H groups in total. The summed E-state index contributed by atoms with van der Waals surface area (Å²) in [6.45, 7) is 0. The maximum Gasteiger partial charge on any atom is 0.356 e. The fraction of sp³-hybridized carbons (Fsp3) is 0. The monoisotopic (exact) mass is 257 g/mol. The number of rotatable bonds is 2. The summed E-state index contributed by atoms with van der Waals surface area (Å²) < 4.78 is 14.7. The van der Waals surface area contributed by atoms with Crippen LogP contribution in [0.3, 0.4) is 0 Å². The van der Waals surface area contributed by atoms with Crippen molar-refractivity contribution in [2.45, 2.75) is 0 Å². The van der Waals surface area contributed by atoms with Gasteiger partial charge in [0.1, 0.15) is 17.8 Å². The van der Waals surface area contributed by atoms with Gasteiger partial charge in [0.05, 0.1) is 0 Å². The average Bonchev–Trinajstić information content (AvgIpc) is 2.82. The van der Waals surface area contributed by atoms with Gasteiger partial charge in [0.2, 0.25) is 0 Å². The molecule has 0 fully saturated rings. The van der Waals surface area contributed by atoms with E-state index in [4.69, 9.17) is 5.11 Å². The van der Waals surface area contributed by atoms with Gasteiger partial charge in [-0.05, 0) is 17.7 Å². The van der Waals surface area contributed by atoms with Crippen LogP contribution in [0.5, 0.6) is 0 Å². The lowest BCUT2D eigenvalue weighted by molar-refractivity contribution is 0.0691. The maximum absolute atomic E-state index is 13.2. The molecule has 6 heteroatoms. The molecule has 0 aliphatic heterocycles. The SMILES string of the molecule is O=C(O)c1cn2cncc(-c3cccc(F)c3)c2n1. The van der Waals surface area contributed by atoms with Gasteiger partial charge in [-0.3, -0.25) is 4.40 Å². The molecule has 3 aromatic rings. The molecule has 0 aliphatic carbocycles. The summed E-state index contributed by atoms with van der Waals surface area (Å²) in [7, 11) is 0. The van der Waals surface area contributed by atoms with Gasteiger partial charge in [0.25, 0.3) is 0 Å². The maximum atomic E-state index is 13.2. The molecule has 2 heterocycles. The predicted molar refractivity (Wildman–Crippen MR) is 65.3 cm³/mol. The van der Waals surface area contributed by atoms with E-state index < -0.39 is 5.97 Å². The molecule has 0 radical (unpaired) electrons. The molecule has 0 saturated carbocycles. The number of fused-ring (bicyclic) bond motifs is 1. The van der Waals surface area contributed by atoms with Crippen LogP contribution in [-0.2, 0) is 0 Å². The zero-order chi connectivity index (χ0) is 13.4. The third-order valence-corrected chi connectivity index (χ3v) is 2.72. The molecule has 0 amide bonds. The molecule has 0 saturated heterocycles. The highest BCUT2D eigenvalue weighted by atomic mass is 19.1. The highest BCUT2D eigenvalue weighted by Crippen LogP contribution is 2.23. The van der Waals surface area contributed by atoms with E-state index in [9.17, 15) is 9.18 Å². The normalized spacial score (nSPS) is 10.8. The highest BCUT2D eigenvalue weighted by molar-refractivity contribution is 5.88. The van der Waals surface area contributed by atoms with Gasteiger partial charge in [-0.25, -0.2) is 19.2 Å². The Morgan fingerprint density at radius 3 is 2.95 bits per heavy atom. The Bertz CT molecular complexity index is 782. The minimum absolute atomic E-state index is 0.0781. The smallest absolute Gasteiger partial charge is 0.356 e. The number of aromatic nitrogens is 3. The molecule has 19 heavy (non-hydrogen) atoms. The largest absolute Gasteiger partial charge is 0.476 e. The van der Waals surface area contributed by atoms with Crippen LogP contribution in [0.2, 0.25) is 0 Å². The van der Waals surface area contributed by atoms with Gasteiger partial charge in [0.15, 0.2) is 5.69 Å². The Morgan fingerprint density at radius 1 is 1.37 bits per heavy atom. The van der Waals surface area contributed by atoms with Crippen molar-refractivity contribution in [1.29, 1.82) is 0 Å². The second kappa shape index (κ2) is 4.16. The van der Waals surface area contributed by atoms with Crippen molar-refractivity contribution >= 4 is 11.6 Å². The number of aromatic carboxylic acids is 1. The molecule has 94 valence electrons. The lowest BCUT2D eigenvalue weighted by Crippen LogP contribution is -1.95. The summed E-state index contributed by atoms with van der Waals surface area (Å²) in [6, 6.07) is 5.99. The molecule has 0 aliphatic rings. The van der Waals surface area contributed by atoms with E-state index >= 15 is 0 Å². The van der Waals surface area contributed by atoms with E-state index in [2.05, 4.69) is 9.97 Å². The van der Waals surface area contributed by atoms with Crippen molar-refractivity contribution in [3.63, 3.8) is 0 Å². The van der Waals surface area contributed by atoms with Crippen LogP contribution in [0.4, 0.5) is 4.39 Å². The summed E-state index contributed by atoms with van der Waals surface area (Å²) in [5.41, 5.74) is 1.53. The number of imidazole rings is 1. The average molecular weight is 257 g/mol. The fourth-order valence-electron chi connectivity index (χ4n) is 1.88. The Labute approximate surface area is 107 Å². The summed E-state index contributed by atoms with van der Waals surface area (Å²) in [5, 5.41) is 8.94. The number of carboxylic acids is 1. The highest BCUT2D eigenvalue weighted by Gasteiger charge is 2.13. The van der Waals surface area contributed by atoms with Crippen molar-refractivity contribution < 1.29 is 14.3 Å². The third-order valence-electron chi connectivity index (χ3n) is 2.72. The molecule has 5 nitrogen and oxygen atoms in total. The van der Waals surface area contributed by atoms with Crippen molar-refractivity contribution in [1.82, 2.24) is 14.4 Å². The van der Waals surface area contributed by atoms with Crippen LogP contribution in [-0.4, -0.2) is 25.4 Å². The van der Waals surface area contributed by atoms with Crippen LogP contribution in [0.25, 0.3) is 16.8 Å². The molecular formula is C13H8FN3O2. The standard InChI is InChI=1S/C13H8FN3O2/c14-9-3-1-2-8(4-9)10-5-15-7-17-6-11(13(18)19)16-12(10)17/h1-7H,(H,18,19). The van der Waals surface area contributed by atoms with Crippen LogP contribution in [0, 0.1) is 5.82 Å². The van der Waals surface area contributed by atoms with E-state index in [0.717, 1.165) is 0 Å². The summed E-state index contributed by atoms with van der Waals surface area (Å²) in [4.78, 5) is 18.9. The number of benzene rings is 1.